The molecule has 0 radical (unpaired) electrons. The summed E-state index contributed by atoms with van der Waals surface area (Å²) in [5.41, 5.74) is 2.75. The Morgan fingerprint density at radius 3 is 2.70 bits per heavy atom. The summed E-state index contributed by atoms with van der Waals surface area (Å²) in [7, 11) is 1.62. The number of nitrogens with zero attached hydrogens (tertiary/aromatic N) is 2. The van der Waals surface area contributed by atoms with Gasteiger partial charge in [-0.05, 0) is 30.3 Å². The quantitative estimate of drug-likeness (QED) is 0.682. The summed E-state index contributed by atoms with van der Waals surface area (Å²) >= 11 is 6.08. The molecule has 0 N–H and O–H groups in total. The van der Waals surface area contributed by atoms with E-state index in [0.717, 1.165) is 46.1 Å². The van der Waals surface area contributed by atoms with E-state index in [1.807, 2.05) is 41.3 Å². The zero-order valence-corrected chi connectivity index (χ0v) is 15.9. The van der Waals surface area contributed by atoms with Crippen molar-refractivity contribution in [2.75, 3.05) is 38.2 Å². The SMILES string of the molecule is COc1ccc2c(CC(=O)N3CCN(c4cccc(Cl)c4)CC3)coc2c1. The van der Waals surface area contributed by atoms with Crippen LogP contribution in [0.5, 0.6) is 5.75 Å². The normalized spacial score (nSPS) is 14.6. The second-order valence-corrected chi connectivity index (χ2v) is 7.08. The Bertz CT molecular complexity index is 961. The van der Waals surface area contributed by atoms with Crippen LogP contribution in [0.4, 0.5) is 5.69 Å². The smallest absolute Gasteiger partial charge is 0.227 e. The van der Waals surface area contributed by atoms with Gasteiger partial charge in [-0.3, -0.25) is 4.79 Å². The highest BCUT2D eigenvalue weighted by Crippen LogP contribution is 2.26. The average molecular weight is 385 g/mol. The summed E-state index contributed by atoms with van der Waals surface area (Å²) in [5, 5.41) is 1.69. The highest BCUT2D eigenvalue weighted by molar-refractivity contribution is 6.30. The summed E-state index contributed by atoms with van der Waals surface area (Å²) in [6, 6.07) is 13.5. The van der Waals surface area contributed by atoms with Crippen LogP contribution >= 0.6 is 11.6 Å². The molecule has 3 aromatic rings. The predicted molar refractivity (Wildman–Crippen MR) is 107 cm³/mol. The van der Waals surface area contributed by atoms with Gasteiger partial charge in [0.25, 0.3) is 0 Å². The molecule has 1 saturated heterocycles. The van der Waals surface area contributed by atoms with Crippen LogP contribution in [0.15, 0.2) is 53.1 Å². The van der Waals surface area contributed by atoms with Crippen LogP contribution in [-0.2, 0) is 11.2 Å². The van der Waals surface area contributed by atoms with Crippen molar-refractivity contribution in [3.63, 3.8) is 0 Å². The van der Waals surface area contributed by atoms with Crippen molar-refractivity contribution in [2.24, 2.45) is 0 Å². The first kappa shape index (κ1) is 17.7. The standard InChI is InChI=1S/C21H21ClN2O3/c1-26-18-5-6-19-15(14-27-20(19)13-18)11-21(25)24-9-7-23(8-10-24)17-4-2-3-16(22)12-17/h2-6,12-14H,7-11H2,1H3. The topological polar surface area (TPSA) is 45.9 Å². The molecule has 27 heavy (non-hydrogen) atoms. The van der Waals surface area contributed by atoms with Crippen molar-refractivity contribution in [3.8, 4) is 5.75 Å². The second-order valence-electron chi connectivity index (χ2n) is 6.65. The number of carbonyl (C=O) groups is 1. The minimum atomic E-state index is 0.124. The van der Waals surface area contributed by atoms with E-state index in [1.54, 1.807) is 13.4 Å². The molecule has 0 saturated carbocycles. The molecule has 0 bridgehead atoms. The fraction of sp³-hybridized carbons (Fsp3) is 0.286. The number of amides is 1. The van der Waals surface area contributed by atoms with Crippen LogP contribution in [0, 0.1) is 0 Å². The highest BCUT2D eigenvalue weighted by atomic mass is 35.5. The van der Waals surface area contributed by atoms with Gasteiger partial charge in [0.2, 0.25) is 5.91 Å². The maximum Gasteiger partial charge on any atom is 0.227 e. The Morgan fingerprint density at radius 1 is 1.15 bits per heavy atom. The molecule has 0 aliphatic carbocycles. The minimum Gasteiger partial charge on any atom is -0.497 e. The molecule has 0 unspecified atom stereocenters. The third-order valence-corrected chi connectivity index (χ3v) is 5.25. The van der Waals surface area contributed by atoms with Gasteiger partial charge in [-0.1, -0.05) is 17.7 Å². The van der Waals surface area contributed by atoms with Crippen LogP contribution < -0.4 is 9.64 Å². The number of rotatable bonds is 4. The number of hydrogen-bond donors (Lipinski definition) is 0. The fourth-order valence-corrected chi connectivity index (χ4v) is 3.67. The molecule has 0 atom stereocenters. The van der Waals surface area contributed by atoms with Crippen LogP contribution in [0.2, 0.25) is 5.02 Å². The maximum atomic E-state index is 12.7. The molecule has 5 nitrogen and oxygen atoms in total. The molecule has 0 spiro atoms. The average Bonchev–Trinajstić information content (AvgIpc) is 3.10. The highest BCUT2D eigenvalue weighted by Gasteiger charge is 2.22. The number of carbonyl (C=O) groups excluding carboxylic acids is 1. The Hall–Kier alpha value is -2.66. The Labute approximate surface area is 163 Å². The molecule has 140 valence electrons. The first-order chi connectivity index (χ1) is 13.1. The first-order valence-corrected chi connectivity index (χ1v) is 9.34. The van der Waals surface area contributed by atoms with Gasteiger partial charge in [-0.25, -0.2) is 0 Å². The van der Waals surface area contributed by atoms with Crippen LogP contribution in [0.3, 0.4) is 0 Å². The molecular formula is C21H21ClN2O3. The number of anilines is 1. The molecule has 2 aromatic carbocycles. The van der Waals surface area contributed by atoms with Gasteiger partial charge in [0.1, 0.15) is 11.3 Å². The number of furan rings is 1. The van der Waals surface area contributed by atoms with Gasteiger partial charge in [-0.15, -0.1) is 0 Å². The molecule has 1 aliphatic heterocycles. The number of piperazine rings is 1. The van der Waals surface area contributed by atoms with E-state index >= 15 is 0 Å². The molecule has 6 heteroatoms. The molecule has 2 heterocycles. The van der Waals surface area contributed by atoms with Gasteiger partial charge in [0, 0.05) is 53.9 Å². The summed E-state index contributed by atoms with van der Waals surface area (Å²) in [5.74, 6) is 0.867. The third kappa shape index (κ3) is 3.74. The van der Waals surface area contributed by atoms with Crippen molar-refractivity contribution in [1.82, 2.24) is 4.90 Å². The molecule has 1 aromatic heterocycles. The fourth-order valence-electron chi connectivity index (χ4n) is 3.49. The van der Waals surface area contributed by atoms with Crippen molar-refractivity contribution in [2.45, 2.75) is 6.42 Å². The first-order valence-electron chi connectivity index (χ1n) is 8.96. The summed E-state index contributed by atoms with van der Waals surface area (Å²) < 4.78 is 10.8. The molecular weight excluding hydrogens is 364 g/mol. The van der Waals surface area contributed by atoms with E-state index in [4.69, 9.17) is 20.8 Å². The number of methoxy groups -OCH3 is 1. The molecule has 1 aliphatic rings. The Balaban J connectivity index is 1.40. The Morgan fingerprint density at radius 2 is 1.96 bits per heavy atom. The van der Waals surface area contributed by atoms with Crippen LogP contribution in [-0.4, -0.2) is 44.1 Å². The largest absolute Gasteiger partial charge is 0.497 e. The zero-order chi connectivity index (χ0) is 18.8. The molecule has 1 fully saturated rings. The van der Waals surface area contributed by atoms with E-state index < -0.39 is 0 Å². The van der Waals surface area contributed by atoms with Crippen LogP contribution in [0.25, 0.3) is 11.0 Å². The van der Waals surface area contributed by atoms with E-state index in [9.17, 15) is 4.79 Å². The van der Waals surface area contributed by atoms with Crippen LogP contribution in [0.1, 0.15) is 5.56 Å². The molecule has 4 rings (SSSR count). The van der Waals surface area contributed by atoms with Crippen molar-refractivity contribution < 1.29 is 13.9 Å². The maximum absolute atomic E-state index is 12.7. The summed E-state index contributed by atoms with van der Waals surface area (Å²) in [4.78, 5) is 16.9. The summed E-state index contributed by atoms with van der Waals surface area (Å²) in [6.07, 6.45) is 2.01. The summed E-state index contributed by atoms with van der Waals surface area (Å²) in [6.45, 7) is 3.01. The second kappa shape index (κ2) is 7.53. The Kier molecular flexibility index (Phi) is 4.94. The van der Waals surface area contributed by atoms with Gasteiger partial charge >= 0.3 is 0 Å². The van der Waals surface area contributed by atoms with Gasteiger partial charge in [-0.2, -0.15) is 0 Å². The van der Waals surface area contributed by atoms with Crippen molar-refractivity contribution in [3.05, 3.63) is 59.3 Å². The lowest BCUT2D eigenvalue weighted by molar-refractivity contribution is -0.130. The molecule has 1 amide bonds. The number of ether oxygens (including phenoxy) is 1. The van der Waals surface area contributed by atoms with Gasteiger partial charge in [0.15, 0.2) is 0 Å². The van der Waals surface area contributed by atoms with Gasteiger partial charge in [0.05, 0.1) is 19.8 Å². The predicted octanol–water partition coefficient (Wildman–Crippen LogP) is 3.99. The van der Waals surface area contributed by atoms with E-state index in [1.165, 1.54) is 0 Å². The lowest BCUT2D eigenvalue weighted by Gasteiger charge is -2.36. The number of hydrogen-bond acceptors (Lipinski definition) is 4. The monoisotopic (exact) mass is 384 g/mol. The third-order valence-electron chi connectivity index (χ3n) is 5.01. The minimum absolute atomic E-state index is 0.124. The number of fused-ring (bicyclic) bond motifs is 1. The zero-order valence-electron chi connectivity index (χ0n) is 15.2. The van der Waals surface area contributed by atoms with E-state index in [2.05, 4.69) is 11.0 Å². The van der Waals surface area contributed by atoms with Gasteiger partial charge < -0.3 is 19.0 Å². The van der Waals surface area contributed by atoms with E-state index in [-0.39, 0.29) is 5.91 Å². The van der Waals surface area contributed by atoms with E-state index in [0.29, 0.717) is 19.5 Å². The van der Waals surface area contributed by atoms with Crippen molar-refractivity contribution in [1.29, 1.82) is 0 Å². The lowest BCUT2D eigenvalue weighted by Crippen LogP contribution is -2.49. The lowest BCUT2D eigenvalue weighted by atomic mass is 10.1. The number of benzene rings is 2. The number of halogens is 1. The van der Waals surface area contributed by atoms with Crippen molar-refractivity contribution >= 4 is 34.2 Å².